The summed E-state index contributed by atoms with van der Waals surface area (Å²) in [4.78, 5) is 12.7. The van der Waals surface area contributed by atoms with Crippen molar-refractivity contribution in [1.29, 1.82) is 0 Å². The Hall–Kier alpha value is -2.71. The van der Waals surface area contributed by atoms with E-state index in [0.29, 0.717) is 0 Å². The maximum atomic E-state index is 12.7. The molecule has 0 spiro atoms. The summed E-state index contributed by atoms with van der Waals surface area (Å²) >= 11 is 0. The zero-order valence-corrected chi connectivity index (χ0v) is 18.2. The van der Waals surface area contributed by atoms with E-state index in [2.05, 4.69) is 54.6 Å². The second-order valence-corrected chi connectivity index (χ2v) is 8.51. The Morgan fingerprint density at radius 2 is 1.23 bits per heavy atom. The molecular weight excluding hydrogens is 380 g/mol. The molecule has 2 nitrogen and oxygen atoms in total. The zero-order valence-electron chi connectivity index (χ0n) is 18.2. The number of Topliss-reactive ketones (excluding diaryl/α,β-unsaturated/α-hetero) is 1. The van der Waals surface area contributed by atoms with Crippen LogP contribution in [0.1, 0.15) is 71.7 Å². The van der Waals surface area contributed by atoms with Crippen molar-refractivity contribution in [3.05, 3.63) is 107 Å². The minimum atomic E-state index is -0.326. The molecule has 0 aromatic heterocycles. The minimum Gasteiger partial charge on any atom is -0.356 e. The van der Waals surface area contributed by atoms with Crippen molar-refractivity contribution in [1.82, 2.24) is 0 Å². The lowest BCUT2D eigenvalue weighted by molar-refractivity contribution is 0.0953. The number of ether oxygens (including phenoxy) is 1. The van der Waals surface area contributed by atoms with E-state index in [-0.39, 0.29) is 18.0 Å². The van der Waals surface area contributed by atoms with E-state index in [1.165, 1.54) is 61.6 Å². The van der Waals surface area contributed by atoms with Crippen molar-refractivity contribution >= 4 is 5.78 Å². The SMILES string of the molecule is O=C(c1ccccc1)C1OC1c1ccccc1CCCCCCCCc1ccccc1. The highest BCUT2D eigenvalue weighted by Crippen LogP contribution is 2.42. The maximum absolute atomic E-state index is 12.7. The molecular formula is C29H32O2. The predicted octanol–water partition coefficient (Wildman–Crippen LogP) is 7.14. The van der Waals surface area contributed by atoms with Gasteiger partial charge in [0.1, 0.15) is 6.10 Å². The molecule has 4 rings (SSSR count). The Balaban J connectivity index is 1.17. The maximum Gasteiger partial charge on any atom is 0.194 e. The summed E-state index contributed by atoms with van der Waals surface area (Å²) in [6.45, 7) is 0. The first-order valence-electron chi connectivity index (χ1n) is 11.7. The fraction of sp³-hybridized carbons (Fsp3) is 0.345. The van der Waals surface area contributed by atoms with Gasteiger partial charge in [-0.3, -0.25) is 4.79 Å². The van der Waals surface area contributed by atoms with Crippen molar-refractivity contribution in [2.75, 3.05) is 0 Å². The largest absolute Gasteiger partial charge is 0.356 e. The van der Waals surface area contributed by atoms with Crippen molar-refractivity contribution in [3.63, 3.8) is 0 Å². The standard InChI is InChI=1S/C29H32O2/c30-27(25-20-11-6-12-21-25)29-28(31-29)26-22-14-13-19-24(26)18-10-4-2-1-3-7-15-23-16-8-5-9-17-23/h5-6,8-9,11-14,16-17,19-22,28-29H,1-4,7,10,15,18H2. The number of ketones is 1. The van der Waals surface area contributed by atoms with E-state index < -0.39 is 0 Å². The average Bonchev–Trinajstić information content (AvgIpc) is 3.62. The van der Waals surface area contributed by atoms with Crippen LogP contribution in [0.25, 0.3) is 0 Å². The van der Waals surface area contributed by atoms with Crippen molar-refractivity contribution < 1.29 is 9.53 Å². The van der Waals surface area contributed by atoms with E-state index in [1.807, 2.05) is 30.3 Å². The van der Waals surface area contributed by atoms with Gasteiger partial charge >= 0.3 is 0 Å². The van der Waals surface area contributed by atoms with Crippen LogP contribution in [0.2, 0.25) is 0 Å². The monoisotopic (exact) mass is 412 g/mol. The number of aryl methyl sites for hydroxylation is 2. The number of hydrogen-bond acceptors (Lipinski definition) is 2. The van der Waals surface area contributed by atoms with Crippen molar-refractivity contribution in [2.24, 2.45) is 0 Å². The highest BCUT2D eigenvalue weighted by molar-refractivity contribution is 6.01. The van der Waals surface area contributed by atoms with Crippen LogP contribution in [0.15, 0.2) is 84.9 Å². The molecule has 0 aliphatic carbocycles. The fourth-order valence-electron chi connectivity index (χ4n) is 4.35. The second-order valence-electron chi connectivity index (χ2n) is 8.51. The molecule has 160 valence electrons. The molecule has 0 amide bonds. The molecule has 1 aliphatic heterocycles. The fourth-order valence-corrected chi connectivity index (χ4v) is 4.35. The van der Waals surface area contributed by atoms with E-state index in [0.717, 1.165) is 12.0 Å². The number of hydrogen-bond donors (Lipinski definition) is 0. The van der Waals surface area contributed by atoms with Gasteiger partial charge in [0.25, 0.3) is 0 Å². The van der Waals surface area contributed by atoms with E-state index >= 15 is 0 Å². The summed E-state index contributed by atoms with van der Waals surface area (Å²) in [6.07, 6.45) is 9.50. The van der Waals surface area contributed by atoms with Gasteiger partial charge < -0.3 is 4.74 Å². The third-order valence-electron chi connectivity index (χ3n) is 6.17. The second kappa shape index (κ2) is 11.1. The molecule has 2 unspecified atom stereocenters. The molecule has 1 heterocycles. The highest BCUT2D eigenvalue weighted by Gasteiger charge is 2.46. The first-order valence-corrected chi connectivity index (χ1v) is 11.7. The van der Waals surface area contributed by atoms with E-state index in [9.17, 15) is 4.79 Å². The van der Waals surface area contributed by atoms with Crippen LogP contribution in [-0.2, 0) is 17.6 Å². The summed E-state index contributed by atoms with van der Waals surface area (Å²) in [5, 5.41) is 0. The molecule has 0 N–H and O–H groups in total. The van der Waals surface area contributed by atoms with Gasteiger partial charge in [0.15, 0.2) is 11.9 Å². The third kappa shape index (κ3) is 6.15. The molecule has 2 heteroatoms. The Morgan fingerprint density at radius 1 is 0.645 bits per heavy atom. The van der Waals surface area contributed by atoms with Gasteiger partial charge in [-0.2, -0.15) is 0 Å². The smallest absolute Gasteiger partial charge is 0.194 e. The lowest BCUT2D eigenvalue weighted by Gasteiger charge is -2.08. The first-order chi connectivity index (χ1) is 15.3. The lowest BCUT2D eigenvalue weighted by Crippen LogP contribution is -2.08. The number of unbranched alkanes of at least 4 members (excludes halogenated alkanes) is 5. The Bertz CT molecular complexity index is 949. The van der Waals surface area contributed by atoms with E-state index in [1.54, 1.807) is 0 Å². The van der Waals surface area contributed by atoms with Crippen LogP contribution in [-0.4, -0.2) is 11.9 Å². The summed E-state index contributed by atoms with van der Waals surface area (Å²) in [7, 11) is 0. The molecule has 31 heavy (non-hydrogen) atoms. The van der Waals surface area contributed by atoms with Gasteiger partial charge in [-0.15, -0.1) is 0 Å². The molecule has 1 fully saturated rings. The third-order valence-corrected chi connectivity index (χ3v) is 6.17. The number of carbonyl (C=O) groups is 1. The summed E-state index contributed by atoms with van der Waals surface area (Å²) < 4.78 is 5.82. The summed E-state index contributed by atoms with van der Waals surface area (Å²) in [5.41, 5.74) is 4.71. The quantitative estimate of drug-likeness (QED) is 0.180. The lowest BCUT2D eigenvalue weighted by atomic mass is 9.95. The topological polar surface area (TPSA) is 29.6 Å². The minimum absolute atomic E-state index is 0.0816. The Morgan fingerprint density at radius 3 is 1.97 bits per heavy atom. The van der Waals surface area contributed by atoms with Crippen LogP contribution in [0, 0.1) is 0 Å². The van der Waals surface area contributed by atoms with Crippen LogP contribution in [0.4, 0.5) is 0 Å². The van der Waals surface area contributed by atoms with Crippen molar-refractivity contribution in [3.8, 4) is 0 Å². The molecule has 0 radical (unpaired) electrons. The number of benzene rings is 3. The van der Waals surface area contributed by atoms with Crippen molar-refractivity contribution in [2.45, 2.75) is 63.6 Å². The highest BCUT2D eigenvalue weighted by atomic mass is 16.6. The normalized spacial score (nSPS) is 17.4. The first kappa shape index (κ1) is 21.5. The van der Waals surface area contributed by atoms with Crippen LogP contribution in [0.3, 0.4) is 0 Å². The predicted molar refractivity (Wildman–Crippen MR) is 126 cm³/mol. The van der Waals surface area contributed by atoms with Crippen LogP contribution < -0.4 is 0 Å². The number of epoxide rings is 1. The Kier molecular flexibility index (Phi) is 7.68. The molecule has 3 aromatic rings. The van der Waals surface area contributed by atoms with Gasteiger partial charge in [-0.05, 0) is 42.4 Å². The molecule has 0 bridgehead atoms. The van der Waals surface area contributed by atoms with Crippen LogP contribution >= 0.6 is 0 Å². The zero-order chi connectivity index (χ0) is 21.3. The molecule has 2 atom stereocenters. The molecule has 3 aromatic carbocycles. The molecule has 1 aliphatic rings. The number of carbonyl (C=O) groups excluding carboxylic acids is 1. The van der Waals surface area contributed by atoms with Gasteiger partial charge in [-0.1, -0.05) is 111 Å². The average molecular weight is 413 g/mol. The van der Waals surface area contributed by atoms with Gasteiger partial charge in [0, 0.05) is 5.56 Å². The Labute approximate surface area is 186 Å². The summed E-state index contributed by atoms with van der Waals surface area (Å²) in [6, 6.07) is 28.7. The summed E-state index contributed by atoms with van der Waals surface area (Å²) in [5.74, 6) is 0.0934. The van der Waals surface area contributed by atoms with Gasteiger partial charge in [0.05, 0.1) is 0 Å². The van der Waals surface area contributed by atoms with E-state index in [4.69, 9.17) is 4.74 Å². The van der Waals surface area contributed by atoms with Crippen LogP contribution in [0.5, 0.6) is 0 Å². The molecule has 0 saturated carbocycles. The van der Waals surface area contributed by atoms with Gasteiger partial charge in [0.2, 0.25) is 0 Å². The van der Waals surface area contributed by atoms with Gasteiger partial charge in [-0.25, -0.2) is 0 Å². The number of rotatable bonds is 12. The molecule has 1 saturated heterocycles.